The van der Waals surface area contributed by atoms with Gasteiger partial charge in [-0.2, -0.15) is 4.73 Å². The Morgan fingerprint density at radius 2 is 2.20 bits per heavy atom. The van der Waals surface area contributed by atoms with Gasteiger partial charge >= 0.3 is 0 Å². The number of pyridine rings is 1. The van der Waals surface area contributed by atoms with Crippen molar-refractivity contribution in [1.29, 1.82) is 0 Å². The summed E-state index contributed by atoms with van der Waals surface area (Å²) in [5.41, 5.74) is -0.717. The zero-order valence-electron chi connectivity index (χ0n) is 4.98. The highest BCUT2D eigenvalue weighted by Crippen LogP contribution is 1.99. The standard InChI is InChI=1S/C6H5NO3/c1-4-2-5(8)6(9)3-7(4)10/h1-3,9-10H. The van der Waals surface area contributed by atoms with Gasteiger partial charge in [-0.15, -0.1) is 0 Å². The quantitative estimate of drug-likeness (QED) is 0.491. The summed E-state index contributed by atoms with van der Waals surface area (Å²) in [4.78, 5) is 10.5. The Kier molecular flexibility index (Phi) is 1.37. The number of aromatic nitrogens is 1. The van der Waals surface area contributed by atoms with Crippen molar-refractivity contribution in [2.75, 3.05) is 0 Å². The first-order chi connectivity index (χ1) is 4.61. The molecule has 0 unspecified atom stereocenters. The minimum atomic E-state index is -0.609. The van der Waals surface area contributed by atoms with Crippen molar-refractivity contribution >= 4 is 0 Å². The van der Waals surface area contributed by atoms with Gasteiger partial charge in [-0.3, -0.25) is 4.79 Å². The van der Waals surface area contributed by atoms with Gasteiger partial charge in [0.05, 0.1) is 11.9 Å². The van der Waals surface area contributed by atoms with Crippen LogP contribution in [0, 0.1) is 6.92 Å². The predicted octanol–water partition coefficient (Wildman–Crippen LogP) is -0.150. The second-order valence-corrected chi connectivity index (χ2v) is 1.79. The molecule has 52 valence electrons. The zero-order chi connectivity index (χ0) is 7.72. The zero-order valence-corrected chi connectivity index (χ0v) is 4.98. The molecule has 2 radical (unpaired) electrons. The maximum absolute atomic E-state index is 10.5. The molecule has 10 heavy (non-hydrogen) atoms. The van der Waals surface area contributed by atoms with Crippen LogP contribution in [0.4, 0.5) is 0 Å². The monoisotopic (exact) mass is 139 g/mol. The molecule has 0 fully saturated rings. The van der Waals surface area contributed by atoms with E-state index in [1.165, 1.54) is 0 Å². The summed E-state index contributed by atoms with van der Waals surface area (Å²) in [5, 5.41) is 17.4. The number of hydrogen-bond donors (Lipinski definition) is 2. The Morgan fingerprint density at radius 3 is 2.70 bits per heavy atom. The fourth-order valence-corrected chi connectivity index (χ4v) is 0.528. The number of rotatable bonds is 0. The van der Waals surface area contributed by atoms with E-state index in [1.54, 1.807) is 0 Å². The van der Waals surface area contributed by atoms with Gasteiger partial charge in [0.1, 0.15) is 0 Å². The lowest BCUT2D eigenvalue weighted by atomic mass is 10.3. The second kappa shape index (κ2) is 2.06. The van der Waals surface area contributed by atoms with Crippen LogP contribution in [0.1, 0.15) is 5.69 Å². The van der Waals surface area contributed by atoms with Crippen LogP contribution >= 0.6 is 0 Å². The summed E-state index contributed by atoms with van der Waals surface area (Å²) >= 11 is 0. The molecule has 1 aromatic rings. The topological polar surface area (TPSA) is 62.5 Å². The van der Waals surface area contributed by atoms with Gasteiger partial charge in [-0.1, -0.05) is 0 Å². The Bertz CT molecular complexity index is 302. The van der Waals surface area contributed by atoms with Crippen LogP contribution in [-0.2, 0) is 0 Å². The molecule has 0 aliphatic carbocycles. The van der Waals surface area contributed by atoms with Crippen LogP contribution in [0.25, 0.3) is 0 Å². The van der Waals surface area contributed by atoms with E-state index in [0.717, 1.165) is 12.3 Å². The van der Waals surface area contributed by atoms with E-state index in [4.69, 9.17) is 17.2 Å². The Labute approximate surface area is 56.9 Å². The lowest BCUT2D eigenvalue weighted by Gasteiger charge is -1.99. The van der Waals surface area contributed by atoms with Crippen molar-refractivity contribution in [2.24, 2.45) is 0 Å². The first kappa shape index (κ1) is 6.67. The van der Waals surface area contributed by atoms with E-state index in [2.05, 4.69) is 0 Å². The van der Waals surface area contributed by atoms with E-state index >= 15 is 0 Å². The SMILES string of the molecule is [CH]c1cc(=O)c(O)cn1O. The predicted molar refractivity (Wildman–Crippen MR) is 33.0 cm³/mol. The molecule has 1 aromatic heterocycles. The minimum Gasteiger partial charge on any atom is -0.503 e. The first-order valence-electron chi connectivity index (χ1n) is 2.51. The molecule has 0 aromatic carbocycles. The highest BCUT2D eigenvalue weighted by Gasteiger charge is 1.98. The average molecular weight is 139 g/mol. The van der Waals surface area contributed by atoms with E-state index in [-0.39, 0.29) is 5.69 Å². The van der Waals surface area contributed by atoms with E-state index in [0.29, 0.717) is 4.73 Å². The number of nitrogens with zero attached hydrogens (tertiary/aromatic N) is 1. The van der Waals surface area contributed by atoms with Crippen LogP contribution in [0.5, 0.6) is 5.75 Å². The molecule has 4 nitrogen and oxygen atoms in total. The molecule has 0 spiro atoms. The summed E-state index contributed by atoms with van der Waals surface area (Å²) in [6.07, 6.45) is 0.831. The van der Waals surface area contributed by atoms with Gasteiger partial charge in [-0.25, -0.2) is 0 Å². The molecular weight excluding hydrogens is 134 g/mol. The van der Waals surface area contributed by atoms with Gasteiger partial charge in [0.2, 0.25) is 5.43 Å². The third-order valence-corrected chi connectivity index (χ3v) is 1.04. The molecule has 0 saturated heterocycles. The smallest absolute Gasteiger partial charge is 0.223 e. The number of aromatic hydroxyl groups is 1. The fourth-order valence-electron chi connectivity index (χ4n) is 0.528. The van der Waals surface area contributed by atoms with Gasteiger partial charge in [-0.05, 0) is 0 Å². The van der Waals surface area contributed by atoms with Gasteiger partial charge in [0.25, 0.3) is 0 Å². The van der Waals surface area contributed by atoms with Crippen molar-refractivity contribution in [3.8, 4) is 5.75 Å². The average Bonchev–Trinajstić information content (AvgIpc) is 1.84. The van der Waals surface area contributed by atoms with Crippen molar-refractivity contribution in [2.45, 2.75) is 0 Å². The van der Waals surface area contributed by atoms with Crippen LogP contribution in [0.15, 0.2) is 17.1 Å². The summed E-state index contributed by atoms with van der Waals surface area (Å²) in [6, 6.07) is 0.926. The van der Waals surface area contributed by atoms with Crippen molar-refractivity contribution in [3.63, 3.8) is 0 Å². The lowest BCUT2D eigenvalue weighted by Crippen LogP contribution is -2.06. The van der Waals surface area contributed by atoms with E-state index in [9.17, 15) is 4.79 Å². The normalized spacial score (nSPS) is 9.70. The first-order valence-corrected chi connectivity index (χ1v) is 2.51. The maximum atomic E-state index is 10.5. The summed E-state index contributed by atoms with van der Waals surface area (Å²) < 4.78 is 0.469. The molecule has 1 rings (SSSR count). The summed E-state index contributed by atoms with van der Waals surface area (Å²) in [5.74, 6) is -0.531. The second-order valence-electron chi connectivity index (χ2n) is 1.79. The highest BCUT2D eigenvalue weighted by atomic mass is 16.5. The van der Waals surface area contributed by atoms with Crippen LogP contribution in [0.2, 0.25) is 0 Å². The molecule has 0 atom stereocenters. The molecule has 0 aliphatic heterocycles. The largest absolute Gasteiger partial charge is 0.503 e. The molecule has 0 amide bonds. The van der Waals surface area contributed by atoms with Crippen LogP contribution < -0.4 is 5.43 Å². The third kappa shape index (κ3) is 0.953. The van der Waals surface area contributed by atoms with Crippen LogP contribution in [-0.4, -0.2) is 15.0 Å². The molecule has 0 saturated carbocycles. The Morgan fingerprint density at radius 1 is 1.60 bits per heavy atom. The molecule has 2 N–H and O–H groups in total. The number of hydrogen-bond acceptors (Lipinski definition) is 3. The molecular formula is C6H5NO3. The van der Waals surface area contributed by atoms with Crippen LogP contribution in [0.3, 0.4) is 0 Å². The van der Waals surface area contributed by atoms with Crippen molar-refractivity contribution in [3.05, 3.63) is 35.1 Å². The maximum Gasteiger partial charge on any atom is 0.223 e. The Balaban J connectivity index is 3.43. The molecule has 4 heteroatoms. The van der Waals surface area contributed by atoms with Gasteiger partial charge < -0.3 is 10.3 Å². The third-order valence-electron chi connectivity index (χ3n) is 1.04. The van der Waals surface area contributed by atoms with E-state index in [1.807, 2.05) is 0 Å². The Hall–Kier alpha value is -1.45. The summed E-state index contributed by atoms with van der Waals surface area (Å²) in [6.45, 7) is 5.09. The fraction of sp³-hybridized carbons (Fsp3) is 0. The minimum absolute atomic E-state index is 0.109. The molecule has 0 aliphatic rings. The lowest BCUT2D eigenvalue weighted by molar-refractivity contribution is 0.177. The van der Waals surface area contributed by atoms with Crippen molar-refractivity contribution in [1.82, 2.24) is 4.73 Å². The van der Waals surface area contributed by atoms with E-state index < -0.39 is 11.2 Å². The van der Waals surface area contributed by atoms with Gasteiger partial charge in [0.15, 0.2) is 5.75 Å². The molecule has 1 heterocycles. The van der Waals surface area contributed by atoms with Gasteiger partial charge in [0, 0.05) is 13.0 Å². The summed E-state index contributed by atoms with van der Waals surface area (Å²) in [7, 11) is 0. The van der Waals surface area contributed by atoms with Crippen molar-refractivity contribution < 1.29 is 10.3 Å². The molecule has 0 bridgehead atoms. The highest BCUT2D eigenvalue weighted by molar-refractivity contribution is 5.20.